The van der Waals surface area contributed by atoms with Crippen LogP contribution in [0.1, 0.15) is 64.8 Å². The standard InChI is InChI=1S/C41H54N6O2/c1-6-18-32(30-45-46(3)33-20-10-9-11-21-33)19-16-25-43-24-14-7-8-15-27-47(4,5)28-17-26-44-36-29-31(2)39(42)38-37(36)40(48)34-22-12-13-23-35(34)41(38)49/h6,9-13,16,18-22,29-30,35,43H,1,7-8,14-15,17,23-28H2,2-5H3,(H2-,42,44,48,49)/p+1. The molecular weight excluding hydrogens is 608 g/mol. The third-order valence-electron chi connectivity index (χ3n) is 9.30. The number of rotatable bonds is 19. The highest BCUT2D eigenvalue weighted by atomic mass is 16.1. The Morgan fingerprint density at radius 1 is 1.06 bits per heavy atom. The molecule has 0 saturated heterocycles. The molecule has 2 aromatic rings. The molecule has 1 unspecified atom stereocenters. The van der Waals surface area contributed by atoms with Crippen LogP contribution in [0.5, 0.6) is 0 Å². The van der Waals surface area contributed by atoms with Crippen LogP contribution in [0.15, 0.2) is 102 Å². The largest absolute Gasteiger partial charge is 0.398 e. The lowest BCUT2D eigenvalue weighted by Crippen LogP contribution is -2.41. The van der Waals surface area contributed by atoms with Crippen molar-refractivity contribution in [2.45, 2.75) is 45.4 Å². The number of para-hydroxylation sites is 1. The topological polar surface area (TPSA) is 99.8 Å². The highest BCUT2D eigenvalue weighted by Gasteiger charge is 2.40. The summed E-state index contributed by atoms with van der Waals surface area (Å²) < 4.78 is 0.951. The number of aryl methyl sites for hydroxylation is 1. The zero-order valence-electron chi connectivity index (χ0n) is 29.9. The van der Waals surface area contributed by atoms with Crippen LogP contribution in [0.3, 0.4) is 0 Å². The predicted molar refractivity (Wildman–Crippen MR) is 207 cm³/mol. The Kier molecular flexibility index (Phi) is 13.9. The molecule has 0 heterocycles. The predicted octanol–water partition coefficient (Wildman–Crippen LogP) is 7.28. The lowest BCUT2D eigenvalue weighted by Gasteiger charge is -2.31. The third kappa shape index (κ3) is 10.5. The van der Waals surface area contributed by atoms with Crippen LogP contribution in [-0.4, -0.2) is 76.1 Å². The molecule has 2 aromatic carbocycles. The van der Waals surface area contributed by atoms with Crippen LogP contribution in [-0.2, 0) is 0 Å². The monoisotopic (exact) mass is 663 g/mol. The molecule has 2 aliphatic rings. The molecule has 0 aromatic heterocycles. The van der Waals surface area contributed by atoms with E-state index in [9.17, 15) is 9.59 Å². The number of Topliss-reactive ketones (excluding diaryl/α,β-unsaturated/α-hetero) is 2. The second-order valence-corrected chi connectivity index (χ2v) is 13.6. The van der Waals surface area contributed by atoms with Gasteiger partial charge in [-0.15, -0.1) is 0 Å². The van der Waals surface area contributed by atoms with Crippen molar-refractivity contribution in [2.75, 3.05) is 69.9 Å². The maximum absolute atomic E-state index is 13.5. The van der Waals surface area contributed by atoms with E-state index in [4.69, 9.17) is 5.73 Å². The van der Waals surface area contributed by atoms with Gasteiger partial charge in [-0.05, 0) is 68.5 Å². The number of benzene rings is 2. The number of nitrogens with zero attached hydrogens (tertiary/aromatic N) is 3. The average Bonchev–Trinajstić information content (AvgIpc) is 3.10. The first-order valence-electron chi connectivity index (χ1n) is 17.6. The van der Waals surface area contributed by atoms with Crippen molar-refractivity contribution >= 4 is 34.8 Å². The lowest BCUT2D eigenvalue weighted by molar-refractivity contribution is -0.890. The van der Waals surface area contributed by atoms with Gasteiger partial charge in [0.1, 0.15) is 0 Å². The maximum Gasteiger partial charge on any atom is 0.192 e. The van der Waals surface area contributed by atoms with Gasteiger partial charge in [0.15, 0.2) is 11.6 Å². The number of unbranched alkanes of at least 4 members (excludes halogenated alkanes) is 3. The minimum atomic E-state index is -0.420. The van der Waals surface area contributed by atoms with Crippen LogP contribution in [0, 0.1) is 12.8 Å². The van der Waals surface area contributed by atoms with Crippen LogP contribution in [0.2, 0.25) is 0 Å². The summed E-state index contributed by atoms with van der Waals surface area (Å²) in [5.74, 6) is -0.541. The summed E-state index contributed by atoms with van der Waals surface area (Å²) in [6, 6.07) is 12.0. The Labute approximate surface area is 293 Å². The Morgan fingerprint density at radius 3 is 2.59 bits per heavy atom. The van der Waals surface area contributed by atoms with Crippen LogP contribution < -0.4 is 21.4 Å². The highest BCUT2D eigenvalue weighted by molar-refractivity contribution is 6.28. The Morgan fingerprint density at radius 2 is 1.82 bits per heavy atom. The molecule has 4 rings (SSSR count). The number of ketones is 2. The molecule has 0 aliphatic heterocycles. The van der Waals surface area contributed by atoms with E-state index in [1.54, 1.807) is 12.2 Å². The molecule has 0 fully saturated rings. The molecule has 4 N–H and O–H groups in total. The van der Waals surface area contributed by atoms with Crippen molar-refractivity contribution in [3.05, 3.63) is 113 Å². The summed E-state index contributed by atoms with van der Waals surface area (Å²) in [7, 11) is 6.51. The van der Waals surface area contributed by atoms with Crippen molar-refractivity contribution in [1.29, 1.82) is 0 Å². The Hall–Kier alpha value is -4.53. The van der Waals surface area contributed by atoms with Gasteiger partial charge in [-0.25, -0.2) is 0 Å². The number of allylic oxidation sites excluding steroid dienone is 8. The molecule has 1 atom stereocenters. The molecule has 0 bridgehead atoms. The number of quaternary nitrogens is 1. The minimum absolute atomic E-state index is 0.0420. The number of fused-ring (bicyclic) bond motifs is 2. The number of carbonyl (C=O) groups excluding carboxylic acids is 2. The normalized spacial score (nSPS) is 16.2. The van der Waals surface area contributed by atoms with Gasteiger partial charge < -0.3 is 20.9 Å². The Bertz CT molecular complexity index is 1620. The number of nitrogen functional groups attached to an aromatic ring is 1. The smallest absolute Gasteiger partial charge is 0.192 e. The van der Waals surface area contributed by atoms with Crippen molar-refractivity contribution in [3.63, 3.8) is 0 Å². The van der Waals surface area contributed by atoms with Crippen molar-refractivity contribution in [2.24, 2.45) is 11.0 Å². The quantitative estimate of drug-likeness (QED) is 0.0365. The van der Waals surface area contributed by atoms with Gasteiger partial charge >= 0.3 is 0 Å². The van der Waals surface area contributed by atoms with Crippen molar-refractivity contribution < 1.29 is 14.1 Å². The zero-order chi connectivity index (χ0) is 35.2. The molecule has 260 valence electrons. The molecule has 0 saturated carbocycles. The molecule has 8 nitrogen and oxygen atoms in total. The number of hydrogen-bond acceptors (Lipinski definition) is 7. The van der Waals surface area contributed by atoms with Crippen LogP contribution >= 0.6 is 0 Å². The molecule has 0 amide bonds. The minimum Gasteiger partial charge on any atom is -0.398 e. The molecule has 2 aliphatic carbocycles. The summed E-state index contributed by atoms with van der Waals surface area (Å²) in [6.45, 7) is 10.4. The van der Waals surface area contributed by atoms with Crippen LogP contribution in [0.4, 0.5) is 17.1 Å². The fourth-order valence-corrected chi connectivity index (χ4v) is 6.40. The summed E-state index contributed by atoms with van der Waals surface area (Å²) in [6.07, 6.45) is 21.7. The number of hydrogen-bond donors (Lipinski definition) is 3. The fraction of sp³-hybridized carbons (Fsp3) is 0.390. The number of nitrogens with one attached hydrogen (secondary N) is 2. The summed E-state index contributed by atoms with van der Waals surface area (Å²) >= 11 is 0. The van der Waals surface area contributed by atoms with E-state index in [0.717, 1.165) is 72.6 Å². The highest BCUT2D eigenvalue weighted by Crippen LogP contribution is 2.41. The van der Waals surface area contributed by atoms with Gasteiger partial charge in [-0.3, -0.25) is 14.6 Å². The first kappa shape index (κ1) is 37.3. The van der Waals surface area contributed by atoms with Gasteiger partial charge in [0.05, 0.1) is 56.1 Å². The van der Waals surface area contributed by atoms with E-state index in [1.807, 2.05) is 79.8 Å². The molecule has 8 heteroatoms. The van der Waals surface area contributed by atoms with E-state index < -0.39 is 5.92 Å². The van der Waals surface area contributed by atoms with E-state index >= 15 is 0 Å². The van der Waals surface area contributed by atoms with E-state index in [-0.39, 0.29) is 11.6 Å². The first-order valence-corrected chi connectivity index (χ1v) is 17.6. The molecule has 49 heavy (non-hydrogen) atoms. The van der Waals surface area contributed by atoms with Crippen molar-refractivity contribution in [3.8, 4) is 0 Å². The molecule has 0 spiro atoms. The number of hydrazone groups is 1. The number of nitrogens with two attached hydrogens (primary N) is 1. The number of anilines is 3. The van der Waals surface area contributed by atoms with Gasteiger partial charge in [-0.1, -0.05) is 73.7 Å². The van der Waals surface area contributed by atoms with Crippen LogP contribution in [0.25, 0.3) is 0 Å². The molecular formula is C41H55N6O2+. The average molecular weight is 664 g/mol. The third-order valence-corrected chi connectivity index (χ3v) is 9.30. The van der Waals surface area contributed by atoms with E-state index in [1.165, 1.54) is 19.3 Å². The number of carbonyl (C=O) groups is 2. The fourth-order valence-electron chi connectivity index (χ4n) is 6.40. The van der Waals surface area contributed by atoms with E-state index in [2.05, 4.69) is 48.6 Å². The summed E-state index contributed by atoms with van der Waals surface area (Å²) in [5, 5.41) is 13.4. The zero-order valence-corrected chi connectivity index (χ0v) is 29.9. The lowest BCUT2D eigenvalue weighted by atomic mass is 9.73. The van der Waals surface area contributed by atoms with Gasteiger partial charge in [0, 0.05) is 43.5 Å². The second-order valence-electron chi connectivity index (χ2n) is 13.6. The van der Waals surface area contributed by atoms with Gasteiger partial charge in [0.25, 0.3) is 0 Å². The van der Waals surface area contributed by atoms with E-state index in [0.29, 0.717) is 28.8 Å². The van der Waals surface area contributed by atoms with Gasteiger partial charge in [0.2, 0.25) is 0 Å². The maximum atomic E-state index is 13.5. The van der Waals surface area contributed by atoms with Crippen molar-refractivity contribution in [1.82, 2.24) is 5.32 Å². The summed E-state index contributed by atoms with van der Waals surface area (Å²) in [5.41, 5.74) is 11.8. The first-order chi connectivity index (χ1) is 23.6. The van der Waals surface area contributed by atoms with Gasteiger partial charge in [-0.2, -0.15) is 5.10 Å². The second kappa shape index (κ2) is 18.3. The summed E-state index contributed by atoms with van der Waals surface area (Å²) in [4.78, 5) is 26.9. The SMILES string of the molecule is C=CC=C(C=CCNCCCCCC[N+](C)(C)CCCNc1cc(C)c(N)c2c1C(=O)C1=CC=CCC1C2=O)C=NN(C)c1ccccc1. The molecule has 0 radical (unpaired) electrons. The Balaban J connectivity index is 1.11.